The normalized spacial score (nSPS) is 13.0. The molecule has 6 heteroatoms. The van der Waals surface area contributed by atoms with E-state index in [1.54, 1.807) is 0 Å². The van der Waals surface area contributed by atoms with Crippen molar-refractivity contribution in [1.29, 1.82) is 0 Å². The van der Waals surface area contributed by atoms with Gasteiger partial charge in [-0.1, -0.05) is 140 Å². The molecule has 0 radical (unpaired) electrons. The van der Waals surface area contributed by atoms with Crippen molar-refractivity contribution in [2.75, 3.05) is 13.2 Å². The summed E-state index contributed by atoms with van der Waals surface area (Å²) < 4.78 is 5.66. The number of hydrogen-bond acceptors (Lipinski definition) is 4. The highest BCUT2D eigenvalue weighted by atomic mass is 16.5. The van der Waals surface area contributed by atoms with E-state index in [1.807, 2.05) is 115 Å². The van der Waals surface area contributed by atoms with Crippen LogP contribution in [-0.4, -0.2) is 36.4 Å². The first-order valence-electron chi connectivity index (χ1n) is 15.8. The van der Waals surface area contributed by atoms with Crippen LogP contribution in [0, 0.1) is 0 Å². The van der Waals surface area contributed by atoms with Crippen LogP contribution >= 0.6 is 0 Å². The van der Waals surface area contributed by atoms with Crippen LogP contribution in [-0.2, 0) is 15.1 Å². The van der Waals surface area contributed by atoms with Crippen molar-refractivity contribution in [3.8, 4) is 11.1 Å². The molecule has 1 atom stereocenters. The lowest BCUT2D eigenvalue weighted by atomic mass is 9.76. The third-order valence-corrected chi connectivity index (χ3v) is 8.84. The molecule has 0 aromatic heterocycles. The Morgan fingerprint density at radius 1 is 0.652 bits per heavy atom. The van der Waals surface area contributed by atoms with Gasteiger partial charge in [-0.05, 0) is 58.2 Å². The number of alkyl carbamates (subject to hydrolysis) is 1. The molecule has 0 saturated carbocycles. The molecule has 1 aliphatic carbocycles. The molecule has 0 bridgehead atoms. The average Bonchev–Trinajstić information content (AvgIpc) is 3.43. The zero-order valence-electron chi connectivity index (χ0n) is 25.6. The molecule has 1 aliphatic rings. The average molecular weight is 611 g/mol. The Morgan fingerprint density at radius 3 is 1.59 bits per heavy atom. The zero-order chi connectivity index (χ0) is 31.8. The van der Waals surface area contributed by atoms with Gasteiger partial charge in [0.05, 0.1) is 5.54 Å². The number of hydrogen-bond donors (Lipinski definition) is 3. The number of nitrogens with one attached hydrogen (secondary N) is 2. The summed E-state index contributed by atoms with van der Waals surface area (Å²) in [5, 5.41) is 16.8. The lowest BCUT2D eigenvalue weighted by Gasteiger charge is -2.39. The van der Waals surface area contributed by atoms with Gasteiger partial charge in [0, 0.05) is 12.5 Å². The minimum atomic E-state index is -0.920. The molecular formula is C40H38N2O4. The summed E-state index contributed by atoms with van der Waals surface area (Å²) in [6.07, 6.45) is 1.13. The maximum absolute atomic E-state index is 12.7. The molecule has 0 saturated heterocycles. The number of rotatable bonds is 13. The Labute approximate surface area is 270 Å². The molecule has 0 unspecified atom stereocenters. The summed E-state index contributed by atoms with van der Waals surface area (Å²) in [6, 6.07) is 45.6. The van der Waals surface area contributed by atoms with Crippen molar-refractivity contribution < 1.29 is 19.4 Å². The van der Waals surface area contributed by atoms with E-state index in [2.05, 4.69) is 34.9 Å². The molecule has 46 heavy (non-hydrogen) atoms. The SMILES string of the molecule is O=C(NCCCC[C@H](NC(c1ccccc1)(c1ccccc1)c1ccccc1)C(=O)O)OCC1c2ccccc2-c2ccccc21. The molecule has 0 heterocycles. The number of ether oxygens (including phenoxy) is 1. The first-order valence-corrected chi connectivity index (χ1v) is 15.8. The summed E-state index contributed by atoms with van der Waals surface area (Å²) in [4.78, 5) is 25.3. The maximum atomic E-state index is 12.7. The van der Waals surface area contributed by atoms with E-state index in [0.29, 0.717) is 25.8 Å². The second-order valence-corrected chi connectivity index (χ2v) is 11.6. The topological polar surface area (TPSA) is 87.7 Å². The third-order valence-electron chi connectivity index (χ3n) is 8.84. The Bertz CT molecular complexity index is 1620. The van der Waals surface area contributed by atoms with Gasteiger partial charge in [-0.2, -0.15) is 0 Å². The van der Waals surface area contributed by atoms with Gasteiger partial charge in [-0.15, -0.1) is 0 Å². The molecule has 6 nitrogen and oxygen atoms in total. The van der Waals surface area contributed by atoms with Crippen LogP contribution in [0.2, 0.25) is 0 Å². The van der Waals surface area contributed by atoms with E-state index < -0.39 is 23.6 Å². The van der Waals surface area contributed by atoms with E-state index >= 15 is 0 Å². The van der Waals surface area contributed by atoms with Gasteiger partial charge in [-0.3, -0.25) is 10.1 Å². The predicted octanol–water partition coefficient (Wildman–Crippen LogP) is 7.73. The monoisotopic (exact) mass is 610 g/mol. The molecule has 0 spiro atoms. The largest absolute Gasteiger partial charge is 0.480 e. The number of amides is 1. The zero-order valence-corrected chi connectivity index (χ0v) is 25.6. The van der Waals surface area contributed by atoms with E-state index in [0.717, 1.165) is 16.7 Å². The van der Waals surface area contributed by atoms with Crippen LogP contribution in [0.15, 0.2) is 140 Å². The minimum Gasteiger partial charge on any atom is -0.480 e. The van der Waals surface area contributed by atoms with E-state index in [9.17, 15) is 14.7 Å². The van der Waals surface area contributed by atoms with E-state index in [1.165, 1.54) is 22.3 Å². The third kappa shape index (κ3) is 6.44. The number of carbonyl (C=O) groups is 2. The van der Waals surface area contributed by atoms with Crippen LogP contribution in [0.1, 0.15) is 53.0 Å². The van der Waals surface area contributed by atoms with Gasteiger partial charge in [0.25, 0.3) is 0 Å². The predicted molar refractivity (Wildman–Crippen MR) is 181 cm³/mol. The number of fused-ring (bicyclic) bond motifs is 3. The fraction of sp³-hybridized carbons (Fsp3) is 0.200. The van der Waals surface area contributed by atoms with Crippen LogP contribution in [0.5, 0.6) is 0 Å². The highest BCUT2D eigenvalue weighted by molar-refractivity contribution is 5.79. The number of aliphatic carboxylic acids is 1. The van der Waals surface area contributed by atoms with Crippen molar-refractivity contribution >= 4 is 12.1 Å². The minimum absolute atomic E-state index is 0.000315. The molecule has 6 rings (SSSR count). The standard InChI is InChI=1S/C40H38N2O4/c43-38(44)37(42-40(29-16-4-1-5-17-29,30-18-6-2-7-19-30)31-20-8-3-9-21-31)26-14-15-27-41-39(45)46-28-36-34-24-12-10-22-32(34)33-23-11-13-25-35(33)36/h1-13,16-25,36-37,42H,14-15,26-28H2,(H,41,45)(H,43,44)/t37-/m0/s1. The quantitative estimate of drug-likeness (QED) is 0.0938. The van der Waals surface area contributed by atoms with Crippen LogP contribution in [0.25, 0.3) is 11.1 Å². The number of carboxylic acid groups (broad SMARTS) is 1. The second kappa shape index (κ2) is 14.3. The van der Waals surface area contributed by atoms with E-state index in [-0.39, 0.29) is 12.5 Å². The summed E-state index contributed by atoms with van der Waals surface area (Å²) in [5.41, 5.74) is 6.69. The Hall–Kier alpha value is -5.20. The van der Waals surface area contributed by atoms with Gasteiger partial charge in [0.2, 0.25) is 0 Å². The lowest BCUT2D eigenvalue weighted by Crippen LogP contribution is -2.52. The highest BCUT2D eigenvalue weighted by Crippen LogP contribution is 2.44. The summed E-state index contributed by atoms with van der Waals surface area (Å²) in [7, 11) is 0. The first kappa shape index (κ1) is 30.8. The van der Waals surface area contributed by atoms with Crippen molar-refractivity contribution in [3.63, 3.8) is 0 Å². The Kier molecular flexibility index (Phi) is 9.56. The Morgan fingerprint density at radius 2 is 1.11 bits per heavy atom. The molecule has 5 aromatic carbocycles. The first-order chi connectivity index (χ1) is 22.6. The number of carbonyl (C=O) groups excluding carboxylic acids is 1. The smallest absolute Gasteiger partial charge is 0.407 e. The lowest BCUT2D eigenvalue weighted by molar-refractivity contribution is -0.140. The molecule has 0 aliphatic heterocycles. The van der Waals surface area contributed by atoms with Crippen LogP contribution in [0.3, 0.4) is 0 Å². The molecule has 1 amide bonds. The molecule has 0 fully saturated rings. The van der Waals surface area contributed by atoms with E-state index in [4.69, 9.17) is 4.74 Å². The van der Waals surface area contributed by atoms with Gasteiger partial charge >= 0.3 is 12.1 Å². The van der Waals surface area contributed by atoms with Crippen molar-refractivity contribution in [2.45, 2.75) is 36.8 Å². The second-order valence-electron chi connectivity index (χ2n) is 11.6. The molecule has 5 aromatic rings. The summed E-state index contributed by atoms with van der Waals surface area (Å²) in [5.74, 6) is -0.920. The van der Waals surface area contributed by atoms with Crippen molar-refractivity contribution in [1.82, 2.24) is 10.6 Å². The van der Waals surface area contributed by atoms with Crippen molar-refractivity contribution in [2.24, 2.45) is 0 Å². The number of benzene rings is 5. The number of unbranched alkanes of at least 4 members (excludes halogenated alkanes) is 1. The number of carboxylic acids is 1. The highest BCUT2D eigenvalue weighted by Gasteiger charge is 2.39. The van der Waals surface area contributed by atoms with Gasteiger partial charge in [0.1, 0.15) is 12.6 Å². The van der Waals surface area contributed by atoms with Gasteiger partial charge < -0.3 is 15.2 Å². The van der Waals surface area contributed by atoms with Gasteiger partial charge in [0.15, 0.2) is 0 Å². The molecule has 3 N–H and O–H groups in total. The maximum Gasteiger partial charge on any atom is 0.407 e. The fourth-order valence-electron chi connectivity index (χ4n) is 6.65. The van der Waals surface area contributed by atoms with Crippen LogP contribution in [0.4, 0.5) is 4.79 Å². The van der Waals surface area contributed by atoms with Gasteiger partial charge in [-0.25, -0.2) is 4.79 Å². The van der Waals surface area contributed by atoms with Crippen LogP contribution < -0.4 is 10.6 Å². The summed E-state index contributed by atoms with van der Waals surface area (Å²) >= 11 is 0. The molecule has 232 valence electrons. The Balaban J connectivity index is 1.08. The van der Waals surface area contributed by atoms with Crippen molar-refractivity contribution in [3.05, 3.63) is 167 Å². The summed E-state index contributed by atoms with van der Waals surface area (Å²) in [6.45, 7) is 0.648. The molecular weight excluding hydrogens is 572 g/mol. The fourth-order valence-corrected chi connectivity index (χ4v) is 6.65.